The fourth-order valence-electron chi connectivity index (χ4n) is 4.01. The van der Waals surface area contributed by atoms with Crippen molar-refractivity contribution < 1.29 is 4.74 Å². The maximum atomic E-state index is 13.6. The molecule has 0 saturated carbocycles. The molecule has 0 spiro atoms. The Balaban J connectivity index is 1.90. The van der Waals surface area contributed by atoms with Gasteiger partial charge in [-0.05, 0) is 61.9 Å². The van der Waals surface area contributed by atoms with Gasteiger partial charge in [0.2, 0.25) is 5.78 Å². The molecule has 4 aromatic rings. The molecule has 138 valence electrons. The van der Waals surface area contributed by atoms with Gasteiger partial charge in [0.25, 0.3) is 5.56 Å². The van der Waals surface area contributed by atoms with Crippen molar-refractivity contribution in [3.05, 3.63) is 50.9 Å². The number of methoxy groups -OCH3 is 1. The molecule has 1 aliphatic rings. The molecule has 0 bridgehead atoms. The molecule has 6 nitrogen and oxygen atoms in total. The van der Waals surface area contributed by atoms with Crippen LogP contribution in [0.3, 0.4) is 0 Å². The normalized spacial score (nSPS) is 16.8. The fourth-order valence-corrected chi connectivity index (χ4v) is 5.56. The quantitative estimate of drug-likeness (QED) is 0.534. The Bertz CT molecular complexity index is 1230. The van der Waals surface area contributed by atoms with E-state index >= 15 is 0 Å². The number of aromatic nitrogens is 4. The highest BCUT2D eigenvalue weighted by Gasteiger charge is 2.26. The molecule has 0 aliphatic heterocycles. The summed E-state index contributed by atoms with van der Waals surface area (Å²) >= 11 is 1.73. The summed E-state index contributed by atoms with van der Waals surface area (Å²) in [5, 5.41) is 9.41. The van der Waals surface area contributed by atoms with E-state index in [1.165, 1.54) is 10.4 Å². The maximum absolute atomic E-state index is 13.6. The van der Waals surface area contributed by atoms with Gasteiger partial charge in [-0.25, -0.2) is 4.57 Å². The van der Waals surface area contributed by atoms with Crippen molar-refractivity contribution in [2.75, 3.05) is 7.11 Å². The van der Waals surface area contributed by atoms with Crippen LogP contribution in [-0.2, 0) is 12.8 Å². The molecule has 1 atom stereocenters. The number of rotatable bonds is 2. The van der Waals surface area contributed by atoms with Crippen LogP contribution in [0.5, 0.6) is 5.75 Å². The van der Waals surface area contributed by atoms with E-state index in [4.69, 9.17) is 4.74 Å². The molecule has 0 radical (unpaired) electrons. The largest absolute Gasteiger partial charge is 0.497 e. The predicted molar refractivity (Wildman–Crippen MR) is 106 cm³/mol. The molecule has 1 aliphatic carbocycles. The minimum absolute atomic E-state index is 0.0119. The van der Waals surface area contributed by atoms with Crippen LogP contribution in [0.25, 0.3) is 21.7 Å². The third-order valence-electron chi connectivity index (χ3n) is 5.45. The summed E-state index contributed by atoms with van der Waals surface area (Å²) in [6.45, 7) is 4.21. The first-order valence-electron chi connectivity index (χ1n) is 9.14. The van der Waals surface area contributed by atoms with E-state index in [0.29, 0.717) is 11.7 Å². The molecule has 3 aromatic heterocycles. The van der Waals surface area contributed by atoms with E-state index in [1.807, 2.05) is 35.6 Å². The first-order chi connectivity index (χ1) is 13.1. The predicted octanol–water partition coefficient (Wildman–Crippen LogP) is 3.54. The topological polar surface area (TPSA) is 61.4 Å². The highest BCUT2D eigenvalue weighted by molar-refractivity contribution is 7.18. The summed E-state index contributed by atoms with van der Waals surface area (Å²) < 4.78 is 8.95. The minimum atomic E-state index is -0.0119. The average molecular weight is 380 g/mol. The van der Waals surface area contributed by atoms with Crippen molar-refractivity contribution in [1.29, 1.82) is 0 Å². The Hall–Kier alpha value is -2.67. The number of aryl methyl sites for hydroxylation is 2. The van der Waals surface area contributed by atoms with E-state index in [0.717, 1.165) is 46.7 Å². The van der Waals surface area contributed by atoms with Gasteiger partial charge in [0, 0.05) is 4.88 Å². The Kier molecular flexibility index (Phi) is 3.62. The summed E-state index contributed by atoms with van der Waals surface area (Å²) in [4.78, 5) is 15.9. The van der Waals surface area contributed by atoms with Crippen molar-refractivity contribution in [3.63, 3.8) is 0 Å². The first kappa shape index (κ1) is 16.5. The zero-order valence-corrected chi connectivity index (χ0v) is 16.3. The number of hydrogen-bond donors (Lipinski definition) is 0. The van der Waals surface area contributed by atoms with Crippen molar-refractivity contribution >= 4 is 27.3 Å². The van der Waals surface area contributed by atoms with Crippen molar-refractivity contribution in [1.82, 2.24) is 19.2 Å². The van der Waals surface area contributed by atoms with Crippen LogP contribution < -0.4 is 10.3 Å². The van der Waals surface area contributed by atoms with Crippen LogP contribution in [0, 0.1) is 12.8 Å². The lowest BCUT2D eigenvalue weighted by Crippen LogP contribution is -2.22. The summed E-state index contributed by atoms with van der Waals surface area (Å²) in [5.41, 5.74) is 1.97. The van der Waals surface area contributed by atoms with E-state index < -0.39 is 0 Å². The summed E-state index contributed by atoms with van der Waals surface area (Å²) in [6, 6.07) is 7.49. The van der Waals surface area contributed by atoms with Gasteiger partial charge in [0.05, 0.1) is 18.2 Å². The Labute approximate surface area is 160 Å². The molecular formula is C20H20N4O2S. The van der Waals surface area contributed by atoms with Gasteiger partial charge in [0.1, 0.15) is 16.4 Å². The van der Waals surface area contributed by atoms with Gasteiger partial charge in [-0.1, -0.05) is 6.92 Å². The maximum Gasteiger partial charge on any atom is 0.268 e. The zero-order valence-electron chi connectivity index (χ0n) is 15.5. The molecule has 0 unspecified atom stereocenters. The number of fused-ring (bicyclic) bond motifs is 5. The van der Waals surface area contributed by atoms with E-state index in [2.05, 4.69) is 17.1 Å². The van der Waals surface area contributed by atoms with Crippen LogP contribution in [-0.4, -0.2) is 26.3 Å². The van der Waals surface area contributed by atoms with Crippen LogP contribution in [0.1, 0.15) is 29.6 Å². The molecule has 0 saturated heterocycles. The molecule has 7 heteroatoms. The lowest BCUT2D eigenvalue weighted by molar-refractivity contribution is 0.414. The van der Waals surface area contributed by atoms with E-state index in [9.17, 15) is 4.79 Å². The molecule has 0 amide bonds. The highest BCUT2D eigenvalue weighted by atomic mass is 32.1. The molecule has 3 heterocycles. The average Bonchev–Trinajstić information content (AvgIpc) is 3.22. The van der Waals surface area contributed by atoms with Gasteiger partial charge in [-0.3, -0.25) is 9.20 Å². The number of ether oxygens (including phenoxy) is 1. The van der Waals surface area contributed by atoms with Gasteiger partial charge in [-0.15, -0.1) is 21.5 Å². The number of thiophene rings is 1. The fraction of sp³-hybridized carbons (Fsp3) is 0.350. The smallest absolute Gasteiger partial charge is 0.268 e. The summed E-state index contributed by atoms with van der Waals surface area (Å²) in [6.07, 6.45) is 3.13. The third-order valence-corrected chi connectivity index (χ3v) is 6.69. The van der Waals surface area contributed by atoms with Crippen LogP contribution in [0.2, 0.25) is 0 Å². The van der Waals surface area contributed by atoms with Crippen LogP contribution in [0.15, 0.2) is 29.1 Å². The second kappa shape index (κ2) is 5.92. The van der Waals surface area contributed by atoms with Crippen molar-refractivity contribution in [3.8, 4) is 11.4 Å². The second-order valence-corrected chi connectivity index (χ2v) is 8.34. The minimum Gasteiger partial charge on any atom is -0.497 e. The standard InChI is InChI=1S/C20H20N4O2S/c1-11-4-9-15-16(10-11)27-19-17(15)18(25)24(20-22-21-12(2)23(19)20)13-5-7-14(26-3)8-6-13/h5-8,11H,4,9-10H2,1-3H3/t11-/m1/s1. The van der Waals surface area contributed by atoms with Gasteiger partial charge >= 0.3 is 0 Å². The number of benzene rings is 1. The van der Waals surface area contributed by atoms with Crippen molar-refractivity contribution in [2.24, 2.45) is 5.92 Å². The summed E-state index contributed by atoms with van der Waals surface area (Å²) in [5.74, 6) is 2.76. The van der Waals surface area contributed by atoms with Gasteiger partial charge < -0.3 is 4.74 Å². The Morgan fingerprint density at radius 3 is 2.74 bits per heavy atom. The molecule has 0 N–H and O–H groups in total. The SMILES string of the molecule is COc1ccc(-n2c(=O)c3c4c(sc3n3c(C)nnc23)C[C@H](C)CC4)cc1. The molecular weight excluding hydrogens is 360 g/mol. The van der Waals surface area contributed by atoms with Gasteiger partial charge in [0.15, 0.2) is 0 Å². The third kappa shape index (κ3) is 2.34. The van der Waals surface area contributed by atoms with E-state index in [1.54, 1.807) is 23.0 Å². The lowest BCUT2D eigenvalue weighted by Gasteiger charge is -2.17. The van der Waals surface area contributed by atoms with Gasteiger partial charge in [-0.2, -0.15) is 0 Å². The summed E-state index contributed by atoms with van der Waals surface area (Å²) in [7, 11) is 1.63. The molecule has 0 fully saturated rings. The van der Waals surface area contributed by atoms with Crippen LogP contribution >= 0.6 is 11.3 Å². The second-order valence-electron chi connectivity index (χ2n) is 7.25. The highest BCUT2D eigenvalue weighted by Crippen LogP contribution is 2.37. The monoisotopic (exact) mass is 380 g/mol. The Morgan fingerprint density at radius 1 is 1.22 bits per heavy atom. The van der Waals surface area contributed by atoms with Crippen molar-refractivity contribution in [2.45, 2.75) is 33.1 Å². The Morgan fingerprint density at radius 2 is 2.00 bits per heavy atom. The number of nitrogens with zero attached hydrogens (tertiary/aromatic N) is 4. The molecule has 1 aromatic carbocycles. The van der Waals surface area contributed by atoms with Crippen LogP contribution in [0.4, 0.5) is 0 Å². The molecule has 5 rings (SSSR count). The number of hydrogen-bond acceptors (Lipinski definition) is 5. The zero-order chi connectivity index (χ0) is 18.7. The lowest BCUT2D eigenvalue weighted by atomic mass is 9.89. The van der Waals surface area contributed by atoms with E-state index in [-0.39, 0.29) is 5.56 Å². The molecule has 27 heavy (non-hydrogen) atoms. The first-order valence-corrected chi connectivity index (χ1v) is 9.95.